The topological polar surface area (TPSA) is 46.5 Å². The van der Waals surface area contributed by atoms with Crippen LogP contribution in [0.4, 0.5) is 0 Å². The summed E-state index contributed by atoms with van der Waals surface area (Å²) in [5.41, 5.74) is 1.14. The van der Waals surface area contributed by atoms with Gasteiger partial charge in [0.1, 0.15) is 5.76 Å². The van der Waals surface area contributed by atoms with Crippen LogP contribution >= 0.6 is 0 Å². The highest BCUT2D eigenvalue weighted by Gasteiger charge is 2.18. The second-order valence-corrected chi connectivity index (χ2v) is 2.78. The van der Waals surface area contributed by atoms with Crippen LogP contribution in [0.5, 0.6) is 0 Å². The first-order chi connectivity index (χ1) is 5.66. The molecule has 0 aromatic rings. The summed E-state index contributed by atoms with van der Waals surface area (Å²) in [6, 6.07) is 0. The van der Waals surface area contributed by atoms with Gasteiger partial charge in [0, 0.05) is 0 Å². The van der Waals surface area contributed by atoms with E-state index in [-0.39, 0.29) is 5.76 Å². The van der Waals surface area contributed by atoms with Crippen molar-refractivity contribution in [1.82, 2.24) is 0 Å². The molecule has 0 amide bonds. The van der Waals surface area contributed by atoms with Gasteiger partial charge in [-0.2, -0.15) is 0 Å². The Balaban J connectivity index is 2.91. The predicted molar refractivity (Wildman–Crippen MR) is 44.7 cm³/mol. The van der Waals surface area contributed by atoms with Gasteiger partial charge in [0.25, 0.3) is 0 Å². The fourth-order valence-corrected chi connectivity index (χ4v) is 1.17. The highest BCUT2D eigenvalue weighted by Crippen LogP contribution is 2.23. The van der Waals surface area contributed by atoms with E-state index in [2.05, 4.69) is 4.74 Å². The van der Waals surface area contributed by atoms with Gasteiger partial charge >= 0.3 is 5.97 Å². The second-order valence-electron chi connectivity index (χ2n) is 2.78. The number of hydrogen-bond acceptors (Lipinski definition) is 3. The monoisotopic (exact) mass is 168 g/mol. The first-order valence-corrected chi connectivity index (χ1v) is 3.84. The number of carbonyl (C=O) groups excluding carboxylic acids is 1. The summed E-state index contributed by atoms with van der Waals surface area (Å²) in [5.74, 6) is -0.389. The van der Waals surface area contributed by atoms with Crippen molar-refractivity contribution in [1.29, 1.82) is 0 Å². The molecule has 0 saturated heterocycles. The number of carbonyl (C=O) groups is 1. The number of esters is 1. The molecule has 0 aromatic carbocycles. The van der Waals surface area contributed by atoms with Crippen LogP contribution in [0.1, 0.15) is 19.8 Å². The van der Waals surface area contributed by atoms with Gasteiger partial charge < -0.3 is 9.84 Å². The third-order valence-electron chi connectivity index (χ3n) is 1.93. The molecule has 0 heterocycles. The molecule has 0 radical (unpaired) electrons. The van der Waals surface area contributed by atoms with Gasteiger partial charge in [0.15, 0.2) is 0 Å². The van der Waals surface area contributed by atoms with E-state index in [9.17, 15) is 9.90 Å². The maximum atomic E-state index is 11.0. The van der Waals surface area contributed by atoms with E-state index >= 15 is 0 Å². The fraction of sp³-hybridized carbons (Fsp3) is 0.444. The molecule has 1 aliphatic carbocycles. The van der Waals surface area contributed by atoms with Gasteiger partial charge in [0.2, 0.25) is 0 Å². The SMILES string of the molecule is COC(=O)C1=CCCC(C)=C1O. The molecule has 66 valence electrons. The molecule has 1 N–H and O–H groups in total. The zero-order valence-electron chi connectivity index (χ0n) is 7.26. The molecule has 0 fully saturated rings. The molecule has 0 aromatic heterocycles. The average Bonchev–Trinajstić information content (AvgIpc) is 2.08. The largest absolute Gasteiger partial charge is 0.507 e. The lowest BCUT2D eigenvalue weighted by Crippen LogP contribution is -2.10. The van der Waals surface area contributed by atoms with Crippen LogP contribution in [0.2, 0.25) is 0 Å². The van der Waals surface area contributed by atoms with E-state index in [4.69, 9.17) is 0 Å². The lowest BCUT2D eigenvalue weighted by atomic mass is 9.99. The van der Waals surface area contributed by atoms with Crippen molar-refractivity contribution in [3.63, 3.8) is 0 Å². The van der Waals surface area contributed by atoms with Crippen molar-refractivity contribution in [2.24, 2.45) is 0 Å². The minimum atomic E-state index is -0.466. The standard InChI is InChI=1S/C9H12O3/c1-6-4-3-5-7(8(6)10)9(11)12-2/h5,10H,3-4H2,1-2H3. The van der Waals surface area contributed by atoms with Crippen LogP contribution in [-0.2, 0) is 9.53 Å². The third-order valence-corrected chi connectivity index (χ3v) is 1.93. The van der Waals surface area contributed by atoms with Crippen molar-refractivity contribution in [2.45, 2.75) is 19.8 Å². The van der Waals surface area contributed by atoms with Gasteiger partial charge in [-0.05, 0) is 25.3 Å². The molecule has 12 heavy (non-hydrogen) atoms. The smallest absolute Gasteiger partial charge is 0.341 e. The van der Waals surface area contributed by atoms with E-state index in [0.717, 1.165) is 18.4 Å². The molecule has 3 nitrogen and oxygen atoms in total. The second kappa shape index (κ2) is 3.43. The van der Waals surface area contributed by atoms with Crippen LogP contribution in [-0.4, -0.2) is 18.2 Å². The summed E-state index contributed by atoms with van der Waals surface area (Å²) < 4.78 is 4.51. The van der Waals surface area contributed by atoms with E-state index < -0.39 is 5.97 Å². The van der Waals surface area contributed by atoms with Gasteiger partial charge in [0.05, 0.1) is 12.7 Å². The summed E-state index contributed by atoms with van der Waals surface area (Å²) in [4.78, 5) is 11.0. The predicted octanol–water partition coefficient (Wildman–Crippen LogP) is 1.71. The highest BCUT2D eigenvalue weighted by atomic mass is 16.5. The summed E-state index contributed by atoms with van der Waals surface area (Å²) >= 11 is 0. The Morgan fingerprint density at radius 3 is 2.92 bits per heavy atom. The van der Waals surface area contributed by atoms with Crippen LogP contribution < -0.4 is 0 Å². The quantitative estimate of drug-likeness (QED) is 0.606. The van der Waals surface area contributed by atoms with Crippen LogP contribution in [0.3, 0.4) is 0 Å². The van der Waals surface area contributed by atoms with Gasteiger partial charge in [-0.15, -0.1) is 0 Å². The zero-order chi connectivity index (χ0) is 9.14. The molecule has 3 heteroatoms. The first-order valence-electron chi connectivity index (χ1n) is 3.84. The fourth-order valence-electron chi connectivity index (χ4n) is 1.17. The Labute approximate surface area is 71.3 Å². The van der Waals surface area contributed by atoms with E-state index in [1.54, 1.807) is 6.08 Å². The molecule has 0 saturated carbocycles. The molecule has 0 spiro atoms. The maximum Gasteiger partial charge on any atom is 0.341 e. The van der Waals surface area contributed by atoms with Crippen LogP contribution in [0.25, 0.3) is 0 Å². The minimum Gasteiger partial charge on any atom is -0.507 e. The highest BCUT2D eigenvalue weighted by molar-refractivity contribution is 5.93. The molecule has 0 unspecified atom stereocenters. The number of methoxy groups -OCH3 is 1. The molecule has 0 bridgehead atoms. The van der Waals surface area contributed by atoms with Crippen LogP contribution in [0, 0.1) is 0 Å². The van der Waals surface area contributed by atoms with E-state index in [1.807, 2.05) is 6.92 Å². The minimum absolute atomic E-state index is 0.0769. The lowest BCUT2D eigenvalue weighted by molar-refractivity contribution is -0.136. The third kappa shape index (κ3) is 1.49. The molecular weight excluding hydrogens is 156 g/mol. The number of ether oxygens (including phenoxy) is 1. The molecule has 0 atom stereocenters. The van der Waals surface area contributed by atoms with Crippen molar-refractivity contribution in [2.75, 3.05) is 7.11 Å². The van der Waals surface area contributed by atoms with Crippen molar-refractivity contribution in [3.8, 4) is 0 Å². The normalized spacial score (nSPS) is 17.3. The van der Waals surface area contributed by atoms with Crippen molar-refractivity contribution in [3.05, 3.63) is 23.0 Å². The maximum absolute atomic E-state index is 11.0. The summed E-state index contributed by atoms with van der Waals surface area (Å²) in [7, 11) is 1.31. The molecule has 1 aliphatic rings. The Morgan fingerprint density at radius 2 is 2.33 bits per heavy atom. The zero-order valence-corrected chi connectivity index (χ0v) is 7.26. The Kier molecular flexibility index (Phi) is 2.53. The summed E-state index contributed by atoms with van der Waals surface area (Å²) in [6.07, 6.45) is 3.31. The molecule has 1 rings (SSSR count). The van der Waals surface area contributed by atoms with Gasteiger partial charge in [-0.3, -0.25) is 0 Å². The summed E-state index contributed by atoms with van der Waals surface area (Å²) in [5, 5.41) is 9.45. The van der Waals surface area contributed by atoms with Crippen molar-refractivity contribution < 1.29 is 14.6 Å². The Hall–Kier alpha value is -1.25. The number of aliphatic hydroxyl groups is 1. The Morgan fingerprint density at radius 1 is 1.67 bits per heavy atom. The number of allylic oxidation sites excluding steroid dienone is 2. The number of rotatable bonds is 1. The van der Waals surface area contributed by atoms with Gasteiger partial charge in [-0.25, -0.2) is 4.79 Å². The van der Waals surface area contributed by atoms with Crippen molar-refractivity contribution >= 4 is 5.97 Å². The van der Waals surface area contributed by atoms with E-state index in [0.29, 0.717) is 5.57 Å². The van der Waals surface area contributed by atoms with Crippen LogP contribution in [0.15, 0.2) is 23.0 Å². The molecular formula is C9H12O3. The summed E-state index contributed by atoms with van der Waals surface area (Å²) in [6.45, 7) is 1.81. The van der Waals surface area contributed by atoms with Gasteiger partial charge in [-0.1, -0.05) is 6.08 Å². The number of hydrogen-bond donors (Lipinski definition) is 1. The lowest BCUT2D eigenvalue weighted by Gasteiger charge is -2.12. The number of aliphatic hydroxyl groups excluding tert-OH is 1. The first kappa shape index (κ1) is 8.84. The molecule has 0 aliphatic heterocycles. The Bertz CT molecular complexity index is 261. The van der Waals surface area contributed by atoms with E-state index in [1.165, 1.54) is 7.11 Å². The average molecular weight is 168 g/mol.